The molecule has 39 heavy (non-hydrogen) atoms. The maximum absolute atomic E-state index is 12.7. The van der Waals surface area contributed by atoms with Crippen LogP contribution in [0.2, 0.25) is 0 Å². The fraction of sp³-hybridized carbons (Fsp3) is 0.355. The van der Waals surface area contributed by atoms with Crippen molar-refractivity contribution in [1.82, 2.24) is 10.2 Å². The predicted octanol–water partition coefficient (Wildman–Crippen LogP) is 5.37. The average Bonchev–Trinajstić information content (AvgIpc) is 2.87. The molecule has 0 aliphatic carbocycles. The molecule has 3 aromatic rings. The van der Waals surface area contributed by atoms with E-state index in [1.165, 1.54) is 17.0 Å². The van der Waals surface area contributed by atoms with Gasteiger partial charge in [-0.15, -0.1) is 0 Å². The smallest absolute Gasteiger partial charge is 0.407 e. The number of aliphatic hydroxyl groups is 1. The monoisotopic (exact) mass is 534 g/mol. The molecule has 3 atom stereocenters. The number of amides is 2. The number of nitrogens with zero attached hydrogens (tertiary/aromatic N) is 1. The molecule has 4 N–H and O–H groups in total. The van der Waals surface area contributed by atoms with Gasteiger partial charge < -0.3 is 25.4 Å². The number of nitrogens with one attached hydrogen (secondary N) is 1. The molecule has 0 saturated heterocycles. The van der Waals surface area contributed by atoms with Crippen molar-refractivity contribution in [2.24, 2.45) is 0 Å². The van der Waals surface area contributed by atoms with Crippen LogP contribution in [0, 0.1) is 0 Å². The Morgan fingerprint density at radius 2 is 1.38 bits per heavy atom. The van der Waals surface area contributed by atoms with E-state index < -0.39 is 36.0 Å². The van der Waals surface area contributed by atoms with Crippen LogP contribution in [0.15, 0.2) is 84.9 Å². The van der Waals surface area contributed by atoms with Crippen molar-refractivity contribution in [3.05, 3.63) is 102 Å². The van der Waals surface area contributed by atoms with Crippen LogP contribution in [0.25, 0.3) is 0 Å². The van der Waals surface area contributed by atoms with Crippen molar-refractivity contribution in [2.75, 3.05) is 0 Å². The third-order valence-electron chi connectivity index (χ3n) is 6.24. The first-order chi connectivity index (χ1) is 18.5. The highest BCUT2D eigenvalue weighted by molar-refractivity contribution is 5.68. The first kappa shape index (κ1) is 29.5. The lowest BCUT2D eigenvalue weighted by molar-refractivity contribution is 0.0285. The Balaban J connectivity index is 1.89. The molecule has 0 bridgehead atoms. The lowest BCUT2D eigenvalue weighted by atomic mass is 9.92. The number of rotatable bonds is 11. The standard InChI is InChI=1S/C31H38N2O6/c1-31(2,3)39-29(36)32-25(18-22-10-6-4-7-11-22)20-28(35)27(19-23-14-16-26(34)17-15-23)33(30(37)38)21-24-12-8-5-9-13-24/h4-17,25,27-28,34-35H,18-21H2,1-3H3,(H,32,36)(H,37,38)/t25-,27-,28-/m0/s1. The lowest BCUT2D eigenvalue weighted by Crippen LogP contribution is -2.50. The molecule has 0 aliphatic rings. The van der Waals surface area contributed by atoms with Gasteiger partial charge in [0.1, 0.15) is 11.4 Å². The van der Waals surface area contributed by atoms with Crippen molar-refractivity contribution in [3.8, 4) is 5.75 Å². The van der Waals surface area contributed by atoms with Gasteiger partial charge >= 0.3 is 12.2 Å². The maximum Gasteiger partial charge on any atom is 0.407 e. The van der Waals surface area contributed by atoms with Crippen LogP contribution in [0.5, 0.6) is 5.75 Å². The highest BCUT2D eigenvalue weighted by Crippen LogP contribution is 2.22. The van der Waals surface area contributed by atoms with Crippen LogP contribution >= 0.6 is 0 Å². The second-order valence-corrected chi connectivity index (χ2v) is 10.7. The van der Waals surface area contributed by atoms with E-state index in [-0.39, 0.29) is 25.1 Å². The molecule has 0 unspecified atom stereocenters. The molecular weight excluding hydrogens is 496 g/mol. The van der Waals surface area contributed by atoms with Crippen molar-refractivity contribution in [2.45, 2.75) is 70.4 Å². The molecule has 0 aliphatic heterocycles. The van der Waals surface area contributed by atoms with E-state index in [1.807, 2.05) is 60.7 Å². The first-order valence-corrected chi connectivity index (χ1v) is 13.0. The van der Waals surface area contributed by atoms with E-state index in [1.54, 1.807) is 32.9 Å². The molecule has 0 heterocycles. The van der Waals surface area contributed by atoms with E-state index >= 15 is 0 Å². The van der Waals surface area contributed by atoms with Crippen molar-refractivity contribution < 1.29 is 29.6 Å². The Kier molecular flexibility index (Phi) is 10.3. The lowest BCUT2D eigenvalue weighted by Gasteiger charge is -2.35. The summed E-state index contributed by atoms with van der Waals surface area (Å²) in [7, 11) is 0. The van der Waals surface area contributed by atoms with Gasteiger partial charge in [0.15, 0.2) is 0 Å². The number of alkyl carbamates (subject to hydrolysis) is 1. The van der Waals surface area contributed by atoms with E-state index in [2.05, 4.69) is 5.32 Å². The molecule has 8 heteroatoms. The van der Waals surface area contributed by atoms with Crippen molar-refractivity contribution in [1.29, 1.82) is 0 Å². The number of carbonyl (C=O) groups is 2. The highest BCUT2D eigenvalue weighted by Gasteiger charge is 2.33. The molecule has 8 nitrogen and oxygen atoms in total. The summed E-state index contributed by atoms with van der Waals surface area (Å²) < 4.78 is 5.46. The molecule has 3 aromatic carbocycles. The van der Waals surface area contributed by atoms with Crippen LogP contribution in [0.1, 0.15) is 43.9 Å². The SMILES string of the molecule is CC(C)(C)OC(=O)N[C@@H](Cc1ccccc1)C[C@H](O)[C@H](Cc1ccc(O)cc1)N(Cc1ccccc1)C(=O)O. The fourth-order valence-corrected chi connectivity index (χ4v) is 4.45. The van der Waals surface area contributed by atoms with Gasteiger partial charge in [0.25, 0.3) is 0 Å². The number of phenols is 1. The van der Waals surface area contributed by atoms with Gasteiger partial charge in [-0.1, -0.05) is 72.8 Å². The Labute approximate surface area is 229 Å². The largest absolute Gasteiger partial charge is 0.508 e. The highest BCUT2D eigenvalue weighted by atomic mass is 16.6. The number of aromatic hydroxyl groups is 1. The number of hydrogen-bond acceptors (Lipinski definition) is 5. The normalized spacial score (nSPS) is 13.6. The van der Waals surface area contributed by atoms with Crippen LogP contribution in [-0.2, 0) is 24.1 Å². The molecule has 2 amide bonds. The van der Waals surface area contributed by atoms with Gasteiger partial charge in [0.05, 0.1) is 12.1 Å². The number of carbonyl (C=O) groups excluding carboxylic acids is 1. The molecule has 0 spiro atoms. The summed E-state index contributed by atoms with van der Waals surface area (Å²) in [5.74, 6) is 0.0970. The van der Waals surface area contributed by atoms with Gasteiger partial charge in [-0.3, -0.25) is 4.90 Å². The summed E-state index contributed by atoms with van der Waals surface area (Å²) in [4.78, 5) is 26.4. The number of benzene rings is 3. The molecule has 0 radical (unpaired) electrons. The minimum absolute atomic E-state index is 0.0822. The number of aliphatic hydroxyl groups excluding tert-OH is 1. The number of carboxylic acid groups (broad SMARTS) is 1. The van der Waals surface area contributed by atoms with Crippen LogP contribution in [0.4, 0.5) is 9.59 Å². The average molecular weight is 535 g/mol. The minimum Gasteiger partial charge on any atom is -0.508 e. The summed E-state index contributed by atoms with van der Waals surface area (Å²) in [6, 6.07) is 23.9. The molecular formula is C31H38N2O6. The topological polar surface area (TPSA) is 119 Å². The Hall–Kier alpha value is -4.04. The van der Waals surface area contributed by atoms with Gasteiger partial charge in [0.2, 0.25) is 0 Å². The third-order valence-corrected chi connectivity index (χ3v) is 6.24. The Morgan fingerprint density at radius 3 is 1.92 bits per heavy atom. The van der Waals surface area contributed by atoms with Crippen molar-refractivity contribution in [3.63, 3.8) is 0 Å². The first-order valence-electron chi connectivity index (χ1n) is 13.0. The Morgan fingerprint density at radius 1 is 0.846 bits per heavy atom. The van der Waals surface area contributed by atoms with Gasteiger partial charge in [-0.25, -0.2) is 9.59 Å². The zero-order chi connectivity index (χ0) is 28.4. The molecule has 0 aromatic heterocycles. The summed E-state index contributed by atoms with van der Waals surface area (Å²) in [5, 5.41) is 34.4. The van der Waals surface area contributed by atoms with E-state index in [4.69, 9.17) is 4.74 Å². The zero-order valence-corrected chi connectivity index (χ0v) is 22.7. The van der Waals surface area contributed by atoms with Crippen molar-refractivity contribution >= 4 is 12.2 Å². The van der Waals surface area contributed by atoms with E-state index in [0.29, 0.717) is 6.42 Å². The quantitative estimate of drug-likeness (QED) is 0.263. The second-order valence-electron chi connectivity index (χ2n) is 10.7. The summed E-state index contributed by atoms with van der Waals surface area (Å²) >= 11 is 0. The fourth-order valence-electron chi connectivity index (χ4n) is 4.45. The van der Waals surface area contributed by atoms with Crippen LogP contribution < -0.4 is 5.32 Å². The number of phenolic OH excluding ortho intramolecular Hbond substituents is 1. The van der Waals surface area contributed by atoms with Gasteiger partial charge in [-0.2, -0.15) is 0 Å². The maximum atomic E-state index is 12.7. The van der Waals surface area contributed by atoms with Crippen LogP contribution in [0.3, 0.4) is 0 Å². The van der Waals surface area contributed by atoms with E-state index in [0.717, 1.165) is 16.7 Å². The van der Waals surface area contributed by atoms with Crippen LogP contribution in [-0.4, -0.2) is 56.2 Å². The molecule has 3 rings (SSSR count). The predicted molar refractivity (Wildman–Crippen MR) is 150 cm³/mol. The zero-order valence-electron chi connectivity index (χ0n) is 22.7. The summed E-state index contributed by atoms with van der Waals surface area (Å²) in [5.41, 5.74) is 1.81. The second kappa shape index (κ2) is 13.7. The summed E-state index contributed by atoms with van der Waals surface area (Å²) in [6.45, 7) is 5.40. The third kappa shape index (κ3) is 9.98. The molecule has 208 valence electrons. The molecule has 0 fully saturated rings. The Bertz CT molecular complexity index is 1180. The van der Waals surface area contributed by atoms with Gasteiger partial charge in [0, 0.05) is 12.6 Å². The number of ether oxygens (including phenoxy) is 1. The summed E-state index contributed by atoms with van der Waals surface area (Å²) in [6.07, 6.45) is -2.16. The molecule has 0 saturated carbocycles. The van der Waals surface area contributed by atoms with E-state index in [9.17, 15) is 24.9 Å². The van der Waals surface area contributed by atoms with Gasteiger partial charge in [-0.05, 0) is 68.9 Å². The minimum atomic E-state index is -1.17. The number of hydrogen-bond donors (Lipinski definition) is 4.